The van der Waals surface area contributed by atoms with Crippen molar-refractivity contribution < 1.29 is 0 Å². The van der Waals surface area contributed by atoms with Gasteiger partial charge in [-0.15, -0.1) is 0 Å². The molecule has 2 heterocycles. The monoisotopic (exact) mass is 317 g/mol. The van der Waals surface area contributed by atoms with Crippen LogP contribution in [0.2, 0.25) is 5.02 Å². The number of nitrogens with one attached hydrogen (secondary N) is 1. The van der Waals surface area contributed by atoms with E-state index < -0.39 is 0 Å². The van der Waals surface area contributed by atoms with E-state index >= 15 is 0 Å². The lowest BCUT2D eigenvalue weighted by molar-refractivity contribution is 0.479. The van der Waals surface area contributed by atoms with Gasteiger partial charge in [-0.3, -0.25) is 9.67 Å². The zero-order chi connectivity index (χ0) is 15.5. The van der Waals surface area contributed by atoms with Crippen molar-refractivity contribution in [3.8, 4) is 0 Å². The number of hydrogen-bond donors (Lipinski definition) is 1. The second-order valence-electron chi connectivity index (χ2n) is 5.47. The van der Waals surface area contributed by atoms with Crippen molar-refractivity contribution in [2.75, 3.05) is 13.6 Å². The quantitative estimate of drug-likeness (QED) is 0.943. The van der Waals surface area contributed by atoms with Crippen LogP contribution in [-0.2, 0) is 13.1 Å². The first-order chi connectivity index (χ1) is 10.7. The Morgan fingerprint density at radius 2 is 2.14 bits per heavy atom. The molecule has 0 radical (unpaired) electrons. The number of aryl methyl sites for hydroxylation is 1. The Hall–Kier alpha value is -2.01. The Morgan fingerprint density at radius 3 is 2.82 bits per heavy atom. The van der Waals surface area contributed by atoms with Crippen LogP contribution >= 0.6 is 11.6 Å². The number of guanidine groups is 1. The van der Waals surface area contributed by atoms with Gasteiger partial charge in [-0.2, -0.15) is 5.10 Å². The molecule has 0 amide bonds. The van der Waals surface area contributed by atoms with Gasteiger partial charge in [-0.05, 0) is 24.6 Å². The highest BCUT2D eigenvalue weighted by Crippen LogP contribution is 2.20. The van der Waals surface area contributed by atoms with Crippen LogP contribution in [0.3, 0.4) is 0 Å². The second-order valence-corrected chi connectivity index (χ2v) is 5.91. The zero-order valence-corrected chi connectivity index (χ0v) is 13.6. The molecule has 2 aromatic rings. The minimum Gasteiger partial charge on any atom is -0.348 e. The van der Waals surface area contributed by atoms with Crippen LogP contribution < -0.4 is 5.32 Å². The summed E-state index contributed by atoms with van der Waals surface area (Å²) in [5.41, 5.74) is 2.39. The number of aliphatic imine (C=N–C) groups is 1. The molecule has 1 aliphatic heterocycles. The predicted molar refractivity (Wildman–Crippen MR) is 89.0 cm³/mol. The third kappa shape index (κ3) is 3.25. The Labute approximate surface area is 135 Å². The molecule has 0 fully saturated rings. The number of rotatable bonds is 4. The second kappa shape index (κ2) is 6.40. The first kappa shape index (κ1) is 14.9. The number of hydrogen-bond acceptors (Lipinski definition) is 4. The number of aromatic nitrogens is 2. The van der Waals surface area contributed by atoms with E-state index in [9.17, 15) is 0 Å². The summed E-state index contributed by atoms with van der Waals surface area (Å²) in [4.78, 5) is 6.73. The fourth-order valence-electron chi connectivity index (χ4n) is 2.55. The zero-order valence-electron chi connectivity index (χ0n) is 12.8. The molecule has 0 aliphatic carbocycles. The SMILES string of the molecule is CCn1cc(CN(C)C2=NCC(c3ccc(Cl)cc3)N2)cn1. The van der Waals surface area contributed by atoms with Gasteiger partial charge in [0.05, 0.1) is 18.8 Å². The third-order valence-electron chi connectivity index (χ3n) is 3.79. The lowest BCUT2D eigenvalue weighted by Crippen LogP contribution is -2.36. The van der Waals surface area contributed by atoms with Crippen molar-refractivity contribution in [2.24, 2.45) is 4.99 Å². The Morgan fingerprint density at radius 1 is 1.36 bits per heavy atom. The molecule has 1 N–H and O–H groups in total. The summed E-state index contributed by atoms with van der Waals surface area (Å²) >= 11 is 5.94. The van der Waals surface area contributed by atoms with Crippen LogP contribution in [0.25, 0.3) is 0 Å². The maximum atomic E-state index is 5.94. The van der Waals surface area contributed by atoms with Crippen molar-refractivity contribution in [1.29, 1.82) is 0 Å². The van der Waals surface area contributed by atoms with Crippen LogP contribution in [0, 0.1) is 0 Å². The lowest BCUT2D eigenvalue weighted by Gasteiger charge is -2.20. The molecule has 116 valence electrons. The number of halogens is 1. The first-order valence-corrected chi connectivity index (χ1v) is 7.82. The van der Waals surface area contributed by atoms with E-state index in [1.54, 1.807) is 0 Å². The van der Waals surface area contributed by atoms with Crippen molar-refractivity contribution >= 4 is 17.6 Å². The molecule has 0 saturated heterocycles. The summed E-state index contributed by atoms with van der Waals surface area (Å²) in [6.45, 7) is 4.51. The standard InChI is InChI=1S/C16H20ClN5/c1-3-22-11-12(8-19-22)10-21(2)16-18-9-15(20-16)13-4-6-14(17)7-5-13/h4-8,11,15H,3,9-10H2,1-2H3,(H,18,20). The minimum atomic E-state index is 0.216. The highest BCUT2D eigenvalue weighted by Gasteiger charge is 2.21. The number of benzene rings is 1. The van der Waals surface area contributed by atoms with Gasteiger partial charge in [0.15, 0.2) is 5.96 Å². The van der Waals surface area contributed by atoms with Crippen molar-refractivity contribution in [1.82, 2.24) is 20.0 Å². The summed E-state index contributed by atoms with van der Waals surface area (Å²) in [5, 5.41) is 8.53. The summed E-state index contributed by atoms with van der Waals surface area (Å²) in [5.74, 6) is 0.921. The third-order valence-corrected chi connectivity index (χ3v) is 4.04. The van der Waals surface area contributed by atoms with E-state index in [4.69, 9.17) is 11.6 Å². The Bertz CT molecular complexity index is 661. The highest BCUT2D eigenvalue weighted by atomic mass is 35.5. The normalized spacial score (nSPS) is 17.2. The van der Waals surface area contributed by atoms with Crippen LogP contribution in [0.15, 0.2) is 41.7 Å². The van der Waals surface area contributed by atoms with Crippen LogP contribution in [0.4, 0.5) is 0 Å². The molecule has 6 heteroatoms. The molecule has 1 aromatic heterocycles. The minimum absolute atomic E-state index is 0.216. The highest BCUT2D eigenvalue weighted by molar-refractivity contribution is 6.30. The Kier molecular flexibility index (Phi) is 4.34. The summed E-state index contributed by atoms with van der Waals surface area (Å²) < 4.78 is 1.93. The average Bonchev–Trinajstić information content (AvgIpc) is 3.17. The van der Waals surface area contributed by atoms with E-state index in [2.05, 4.69) is 33.4 Å². The van der Waals surface area contributed by atoms with Crippen LogP contribution in [-0.4, -0.2) is 34.2 Å². The Balaban J connectivity index is 1.60. The van der Waals surface area contributed by atoms with Crippen LogP contribution in [0.1, 0.15) is 24.1 Å². The molecule has 5 nitrogen and oxygen atoms in total. The first-order valence-electron chi connectivity index (χ1n) is 7.44. The topological polar surface area (TPSA) is 45.5 Å². The molecule has 0 saturated carbocycles. The molecule has 3 rings (SSSR count). The van der Waals surface area contributed by atoms with E-state index in [0.29, 0.717) is 0 Å². The molecule has 0 spiro atoms. The van der Waals surface area contributed by atoms with Crippen molar-refractivity contribution in [2.45, 2.75) is 26.1 Å². The van der Waals surface area contributed by atoms with E-state index in [-0.39, 0.29) is 6.04 Å². The van der Waals surface area contributed by atoms with Crippen molar-refractivity contribution in [3.63, 3.8) is 0 Å². The number of nitrogens with zero attached hydrogens (tertiary/aromatic N) is 4. The summed E-state index contributed by atoms with van der Waals surface area (Å²) in [6, 6.07) is 8.14. The summed E-state index contributed by atoms with van der Waals surface area (Å²) in [6.07, 6.45) is 3.98. The maximum absolute atomic E-state index is 5.94. The lowest BCUT2D eigenvalue weighted by atomic mass is 10.1. The molecule has 0 bridgehead atoms. The van der Waals surface area contributed by atoms with Crippen LogP contribution in [0.5, 0.6) is 0 Å². The average molecular weight is 318 g/mol. The molecular weight excluding hydrogens is 298 g/mol. The fourth-order valence-corrected chi connectivity index (χ4v) is 2.68. The predicted octanol–water partition coefficient (Wildman–Crippen LogP) is 2.69. The van der Waals surface area contributed by atoms with Gasteiger partial charge in [0, 0.05) is 36.9 Å². The van der Waals surface area contributed by atoms with Gasteiger partial charge in [0.25, 0.3) is 0 Å². The van der Waals surface area contributed by atoms with Gasteiger partial charge in [-0.1, -0.05) is 23.7 Å². The smallest absolute Gasteiger partial charge is 0.194 e. The summed E-state index contributed by atoms with van der Waals surface area (Å²) in [7, 11) is 2.04. The molecule has 22 heavy (non-hydrogen) atoms. The van der Waals surface area contributed by atoms with E-state index in [1.165, 1.54) is 11.1 Å². The van der Waals surface area contributed by atoms with Gasteiger partial charge >= 0.3 is 0 Å². The van der Waals surface area contributed by atoms with E-state index in [0.717, 1.165) is 30.6 Å². The molecule has 1 aromatic carbocycles. The maximum Gasteiger partial charge on any atom is 0.194 e. The van der Waals surface area contributed by atoms with Gasteiger partial charge in [-0.25, -0.2) is 0 Å². The molecular formula is C16H20ClN5. The van der Waals surface area contributed by atoms with Crippen molar-refractivity contribution in [3.05, 3.63) is 52.8 Å². The fraction of sp³-hybridized carbons (Fsp3) is 0.375. The van der Waals surface area contributed by atoms with Gasteiger partial charge in [0.2, 0.25) is 0 Å². The van der Waals surface area contributed by atoms with Gasteiger partial charge < -0.3 is 10.2 Å². The van der Waals surface area contributed by atoms with E-state index in [1.807, 2.05) is 42.2 Å². The van der Waals surface area contributed by atoms with Gasteiger partial charge in [0.1, 0.15) is 0 Å². The molecule has 1 unspecified atom stereocenters. The largest absolute Gasteiger partial charge is 0.348 e. The molecule has 1 aliphatic rings. The molecule has 1 atom stereocenters.